The van der Waals surface area contributed by atoms with E-state index in [9.17, 15) is 21.6 Å². The predicted octanol–water partition coefficient (Wildman–Crippen LogP) is 3.25. The molecule has 0 unspecified atom stereocenters. The molecule has 0 aliphatic heterocycles. The number of benzene rings is 2. The lowest BCUT2D eigenvalue weighted by Crippen LogP contribution is -2.16. The Kier molecular flexibility index (Phi) is 4.15. The molecule has 9 heteroatoms. The first-order valence-electron chi connectivity index (χ1n) is 5.43. The van der Waals surface area contributed by atoms with E-state index in [2.05, 4.69) is 15.9 Å². The fourth-order valence-corrected chi connectivity index (χ4v) is 3.02. The van der Waals surface area contributed by atoms with Gasteiger partial charge in [-0.2, -0.15) is 0 Å². The molecule has 2 aromatic rings. The number of nitrogen functional groups attached to an aromatic ring is 1. The van der Waals surface area contributed by atoms with Gasteiger partial charge >= 0.3 is 0 Å². The van der Waals surface area contributed by atoms with Gasteiger partial charge in [0.25, 0.3) is 10.0 Å². The van der Waals surface area contributed by atoms with Gasteiger partial charge in [-0.05, 0) is 24.3 Å². The molecule has 0 radical (unpaired) electrons. The Labute approximate surface area is 127 Å². The van der Waals surface area contributed by atoms with Crippen molar-refractivity contribution < 1.29 is 21.6 Å². The van der Waals surface area contributed by atoms with E-state index in [0.717, 1.165) is 12.1 Å². The van der Waals surface area contributed by atoms with Crippen LogP contribution in [0.2, 0.25) is 0 Å². The molecule has 2 rings (SSSR count). The molecule has 0 amide bonds. The average molecular weight is 381 g/mol. The minimum atomic E-state index is -4.45. The Morgan fingerprint density at radius 1 is 1.00 bits per heavy atom. The lowest BCUT2D eigenvalue weighted by Gasteiger charge is -2.10. The van der Waals surface area contributed by atoms with Crippen LogP contribution in [-0.4, -0.2) is 8.42 Å². The third-order valence-corrected chi connectivity index (χ3v) is 4.39. The summed E-state index contributed by atoms with van der Waals surface area (Å²) in [4.78, 5) is -0.872. The molecule has 0 aromatic heterocycles. The van der Waals surface area contributed by atoms with Gasteiger partial charge in [-0.1, -0.05) is 15.9 Å². The van der Waals surface area contributed by atoms with Gasteiger partial charge in [0.2, 0.25) is 0 Å². The van der Waals surface area contributed by atoms with Crippen LogP contribution in [0, 0.1) is 17.5 Å². The minimum absolute atomic E-state index is 0.349. The fraction of sp³-hybridized carbons (Fsp3) is 0. The van der Waals surface area contributed by atoms with Crippen molar-refractivity contribution in [3.8, 4) is 0 Å². The third kappa shape index (κ3) is 3.30. The second-order valence-electron chi connectivity index (χ2n) is 4.03. The van der Waals surface area contributed by atoms with Gasteiger partial charge in [0.1, 0.15) is 22.3 Å². The number of hydrogen-bond acceptors (Lipinski definition) is 3. The van der Waals surface area contributed by atoms with E-state index in [1.54, 1.807) is 0 Å². The van der Waals surface area contributed by atoms with Crippen LogP contribution in [0.5, 0.6) is 0 Å². The average Bonchev–Trinajstić information content (AvgIpc) is 2.37. The second-order valence-corrected chi connectivity index (χ2v) is 6.60. The number of sulfonamides is 1. The highest BCUT2D eigenvalue weighted by Gasteiger charge is 2.22. The van der Waals surface area contributed by atoms with Crippen molar-refractivity contribution in [2.24, 2.45) is 0 Å². The summed E-state index contributed by atoms with van der Waals surface area (Å²) in [6.45, 7) is 0. The van der Waals surface area contributed by atoms with Crippen molar-refractivity contribution in [2.45, 2.75) is 4.90 Å². The van der Waals surface area contributed by atoms with Crippen LogP contribution in [0.1, 0.15) is 0 Å². The van der Waals surface area contributed by atoms with Crippen LogP contribution in [0.3, 0.4) is 0 Å². The molecule has 0 saturated carbocycles. The van der Waals surface area contributed by atoms with Crippen LogP contribution >= 0.6 is 15.9 Å². The highest BCUT2D eigenvalue weighted by atomic mass is 79.9. The van der Waals surface area contributed by atoms with E-state index in [1.807, 2.05) is 4.72 Å². The van der Waals surface area contributed by atoms with E-state index in [4.69, 9.17) is 5.73 Å². The van der Waals surface area contributed by atoms with Gasteiger partial charge in [0, 0.05) is 10.5 Å². The predicted molar refractivity (Wildman–Crippen MR) is 75.7 cm³/mol. The Bertz CT molecular complexity index is 812. The number of halogens is 4. The quantitative estimate of drug-likeness (QED) is 0.802. The molecule has 2 aromatic carbocycles. The molecule has 4 nitrogen and oxygen atoms in total. The largest absolute Gasteiger partial charge is 0.396 e. The summed E-state index contributed by atoms with van der Waals surface area (Å²) in [6, 6.07) is 4.57. The van der Waals surface area contributed by atoms with E-state index in [1.165, 1.54) is 6.07 Å². The summed E-state index contributed by atoms with van der Waals surface area (Å²) in [5.41, 5.74) is 4.31. The van der Waals surface area contributed by atoms with Crippen LogP contribution in [-0.2, 0) is 10.0 Å². The summed E-state index contributed by atoms with van der Waals surface area (Å²) in [5.74, 6) is -3.27. The summed E-state index contributed by atoms with van der Waals surface area (Å²) in [5, 5.41) is 0. The molecule has 0 aliphatic rings. The zero-order valence-electron chi connectivity index (χ0n) is 10.2. The first-order valence-corrected chi connectivity index (χ1v) is 7.71. The molecule has 3 N–H and O–H groups in total. The third-order valence-electron chi connectivity index (χ3n) is 2.52. The highest BCUT2D eigenvalue weighted by Crippen LogP contribution is 2.25. The summed E-state index contributed by atoms with van der Waals surface area (Å²) in [7, 11) is -4.45. The van der Waals surface area contributed by atoms with Crippen LogP contribution < -0.4 is 10.5 Å². The van der Waals surface area contributed by atoms with E-state index in [-0.39, 0.29) is 5.69 Å². The zero-order chi connectivity index (χ0) is 15.8. The Morgan fingerprint density at radius 3 is 2.29 bits per heavy atom. The van der Waals surface area contributed by atoms with Gasteiger partial charge in [0.05, 0.1) is 11.4 Å². The van der Waals surface area contributed by atoms with Crippen molar-refractivity contribution in [1.29, 1.82) is 0 Å². The summed E-state index contributed by atoms with van der Waals surface area (Å²) in [6.07, 6.45) is 0. The normalized spacial score (nSPS) is 11.4. The van der Waals surface area contributed by atoms with E-state index in [0.29, 0.717) is 16.6 Å². The molecule has 0 spiro atoms. The smallest absolute Gasteiger partial charge is 0.264 e. The molecular weight excluding hydrogens is 373 g/mol. The lowest BCUT2D eigenvalue weighted by molar-refractivity contribution is 0.552. The number of hydrogen-bond donors (Lipinski definition) is 2. The Balaban J connectivity index is 2.46. The molecule has 21 heavy (non-hydrogen) atoms. The van der Waals surface area contributed by atoms with Crippen LogP contribution in [0.15, 0.2) is 39.7 Å². The van der Waals surface area contributed by atoms with Gasteiger partial charge < -0.3 is 5.73 Å². The summed E-state index contributed by atoms with van der Waals surface area (Å²) < 4.78 is 66.5. The molecular formula is C12H8BrF3N2O2S. The van der Waals surface area contributed by atoms with Crippen molar-refractivity contribution >= 4 is 37.3 Å². The Hall–Kier alpha value is -1.74. The maximum absolute atomic E-state index is 13.6. The molecule has 0 atom stereocenters. The maximum atomic E-state index is 13.6. The maximum Gasteiger partial charge on any atom is 0.264 e. The fourth-order valence-electron chi connectivity index (χ4n) is 1.52. The molecule has 0 saturated heterocycles. The van der Waals surface area contributed by atoms with Gasteiger partial charge in [0.15, 0.2) is 0 Å². The molecule has 0 fully saturated rings. The minimum Gasteiger partial charge on any atom is -0.396 e. The molecule has 0 heterocycles. The van der Waals surface area contributed by atoms with Crippen molar-refractivity contribution in [2.75, 3.05) is 10.5 Å². The number of nitrogens with one attached hydrogen (secondary N) is 1. The highest BCUT2D eigenvalue weighted by molar-refractivity contribution is 9.10. The van der Waals surface area contributed by atoms with Gasteiger partial charge in [-0.15, -0.1) is 0 Å². The number of anilines is 2. The zero-order valence-corrected chi connectivity index (χ0v) is 12.6. The number of nitrogens with two attached hydrogens (primary N) is 1. The topological polar surface area (TPSA) is 72.2 Å². The first kappa shape index (κ1) is 15.6. The van der Waals surface area contributed by atoms with Crippen molar-refractivity contribution in [3.63, 3.8) is 0 Å². The first-order chi connectivity index (χ1) is 9.70. The SMILES string of the molecule is Nc1cc(S(=O)(=O)Nc2ccc(Br)cc2F)c(F)cc1F. The lowest BCUT2D eigenvalue weighted by atomic mass is 10.3. The molecule has 0 bridgehead atoms. The van der Waals surface area contributed by atoms with Gasteiger partial charge in [-0.3, -0.25) is 4.72 Å². The second kappa shape index (κ2) is 5.57. The Morgan fingerprint density at radius 2 is 1.67 bits per heavy atom. The van der Waals surface area contributed by atoms with E-state index < -0.39 is 38.1 Å². The van der Waals surface area contributed by atoms with Crippen LogP contribution in [0.25, 0.3) is 0 Å². The standard InChI is InChI=1S/C12H8BrF3N2O2S/c13-6-1-2-11(8(15)3-6)18-21(19,20)12-5-10(17)7(14)4-9(12)16/h1-5,18H,17H2. The molecule has 0 aliphatic carbocycles. The van der Waals surface area contributed by atoms with E-state index >= 15 is 0 Å². The van der Waals surface area contributed by atoms with Gasteiger partial charge in [-0.25, -0.2) is 21.6 Å². The van der Waals surface area contributed by atoms with Crippen molar-refractivity contribution in [3.05, 3.63) is 52.3 Å². The molecule has 112 valence electrons. The van der Waals surface area contributed by atoms with Crippen LogP contribution in [0.4, 0.5) is 24.5 Å². The monoisotopic (exact) mass is 380 g/mol. The van der Waals surface area contributed by atoms with Crippen molar-refractivity contribution in [1.82, 2.24) is 0 Å². The number of rotatable bonds is 3. The summed E-state index contributed by atoms with van der Waals surface area (Å²) >= 11 is 3.01.